The topological polar surface area (TPSA) is 99.6 Å². The second-order valence-electron chi connectivity index (χ2n) is 8.05. The van der Waals surface area contributed by atoms with E-state index in [1.54, 1.807) is 6.20 Å². The predicted octanol–water partition coefficient (Wildman–Crippen LogP) is 3.71. The van der Waals surface area contributed by atoms with Crippen LogP contribution in [0.25, 0.3) is 11.3 Å². The first-order chi connectivity index (χ1) is 15.9. The molecule has 1 aliphatic heterocycles. The summed E-state index contributed by atoms with van der Waals surface area (Å²) in [5.74, 6) is -0.323. The number of sulfonamides is 1. The molecule has 0 radical (unpaired) electrons. The molecule has 33 heavy (non-hydrogen) atoms. The molecule has 4 rings (SSSR count). The summed E-state index contributed by atoms with van der Waals surface area (Å²) in [6.07, 6.45) is 2.98. The van der Waals surface area contributed by atoms with E-state index in [1.165, 1.54) is 28.6 Å². The van der Waals surface area contributed by atoms with Crippen LogP contribution in [0.1, 0.15) is 35.7 Å². The van der Waals surface area contributed by atoms with Gasteiger partial charge in [-0.05, 0) is 73.4 Å². The van der Waals surface area contributed by atoms with E-state index in [9.17, 15) is 18.3 Å². The molecule has 0 spiro atoms. The Balaban J connectivity index is 1.50. The van der Waals surface area contributed by atoms with Crippen LogP contribution in [-0.2, 0) is 16.4 Å². The highest BCUT2D eigenvalue weighted by Crippen LogP contribution is 2.27. The number of aromatic nitrogens is 1. The molecule has 1 amide bonds. The average Bonchev–Trinajstić information content (AvgIpc) is 2.85. The maximum absolute atomic E-state index is 12.8. The van der Waals surface area contributed by atoms with E-state index in [4.69, 9.17) is 0 Å². The van der Waals surface area contributed by atoms with E-state index >= 15 is 0 Å². The zero-order valence-electron chi connectivity index (χ0n) is 18.4. The van der Waals surface area contributed by atoms with Crippen LogP contribution < -0.4 is 5.32 Å². The van der Waals surface area contributed by atoms with Crippen molar-refractivity contribution in [3.8, 4) is 11.3 Å². The molecule has 7 nitrogen and oxygen atoms in total. The van der Waals surface area contributed by atoms with E-state index < -0.39 is 16.1 Å². The molecule has 0 bridgehead atoms. The van der Waals surface area contributed by atoms with Crippen molar-refractivity contribution in [3.63, 3.8) is 0 Å². The molecule has 3 aromatic rings. The van der Waals surface area contributed by atoms with Crippen LogP contribution in [0.4, 0.5) is 5.69 Å². The molecule has 2 aromatic carbocycles. The number of anilines is 1. The van der Waals surface area contributed by atoms with Crippen LogP contribution in [0.5, 0.6) is 0 Å². The van der Waals surface area contributed by atoms with E-state index in [-0.39, 0.29) is 23.9 Å². The van der Waals surface area contributed by atoms with Crippen LogP contribution in [0.3, 0.4) is 0 Å². The average molecular weight is 466 g/mol. The Morgan fingerprint density at radius 3 is 2.45 bits per heavy atom. The summed E-state index contributed by atoms with van der Waals surface area (Å²) in [6, 6.07) is 17.4. The minimum absolute atomic E-state index is 0.139. The number of nitrogens with zero attached hydrogens (tertiary/aromatic N) is 2. The summed E-state index contributed by atoms with van der Waals surface area (Å²) in [5.41, 5.74) is 3.93. The Morgan fingerprint density at radius 2 is 1.82 bits per heavy atom. The molecule has 172 valence electrons. The Kier molecular flexibility index (Phi) is 6.88. The van der Waals surface area contributed by atoms with Gasteiger partial charge in [0.15, 0.2) is 0 Å². The molecule has 0 unspecified atom stereocenters. The highest BCUT2D eigenvalue weighted by molar-refractivity contribution is 7.89. The number of nitrogens with one attached hydrogen (secondary N) is 1. The van der Waals surface area contributed by atoms with E-state index in [1.807, 2.05) is 36.4 Å². The fourth-order valence-corrected chi connectivity index (χ4v) is 5.41. The van der Waals surface area contributed by atoms with Crippen LogP contribution >= 0.6 is 0 Å². The largest absolute Gasteiger partial charge is 0.393 e. The Bertz CT molecular complexity index is 1220. The molecule has 8 heteroatoms. The summed E-state index contributed by atoms with van der Waals surface area (Å²) in [5, 5.41) is 12.5. The van der Waals surface area contributed by atoms with Crippen molar-refractivity contribution in [2.75, 3.05) is 18.4 Å². The number of aliphatic hydroxyl groups excluding tert-OH is 1. The fourth-order valence-electron chi connectivity index (χ4n) is 3.94. The van der Waals surface area contributed by atoms with Gasteiger partial charge in [0.05, 0.1) is 16.7 Å². The number of amides is 1. The SMILES string of the molecule is CCc1ccc(NC(=O)c2ccc(S(=O)(=O)N3CCC(O)CC3)cc2)cc1-c1ccccn1. The lowest BCUT2D eigenvalue weighted by Crippen LogP contribution is -2.39. The van der Waals surface area contributed by atoms with Gasteiger partial charge in [0.1, 0.15) is 0 Å². The standard InChI is InChI=1S/C25H27N3O4S/c1-2-18-6-9-20(17-23(18)24-5-3-4-14-26-24)27-25(30)19-7-10-22(11-8-19)33(31,32)28-15-12-21(29)13-16-28/h3-11,14,17,21,29H,2,12-13,15-16H2,1H3,(H,27,30). The third-order valence-electron chi connectivity index (χ3n) is 5.87. The van der Waals surface area contributed by atoms with Crippen LogP contribution in [0, 0.1) is 0 Å². The number of piperidine rings is 1. The first kappa shape index (κ1) is 23.1. The Morgan fingerprint density at radius 1 is 1.09 bits per heavy atom. The van der Waals surface area contributed by atoms with Gasteiger partial charge in [-0.3, -0.25) is 9.78 Å². The third-order valence-corrected chi connectivity index (χ3v) is 7.78. The van der Waals surface area contributed by atoms with Gasteiger partial charge in [0.2, 0.25) is 10.0 Å². The Labute approximate surface area is 194 Å². The number of pyridine rings is 1. The van der Waals surface area contributed by atoms with E-state index in [2.05, 4.69) is 17.2 Å². The molecular formula is C25H27N3O4S. The summed E-state index contributed by atoms with van der Waals surface area (Å²) < 4.78 is 27.1. The maximum atomic E-state index is 12.8. The fraction of sp³-hybridized carbons (Fsp3) is 0.280. The number of hydrogen-bond donors (Lipinski definition) is 2. The third kappa shape index (κ3) is 5.13. The molecule has 1 saturated heterocycles. The van der Waals surface area contributed by atoms with Crippen molar-refractivity contribution < 1.29 is 18.3 Å². The number of aliphatic hydroxyl groups is 1. The molecular weight excluding hydrogens is 438 g/mol. The monoisotopic (exact) mass is 465 g/mol. The van der Waals surface area contributed by atoms with Gasteiger partial charge in [-0.2, -0.15) is 4.31 Å². The van der Waals surface area contributed by atoms with Crippen molar-refractivity contribution in [1.82, 2.24) is 9.29 Å². The van der Waals surface area contributed by atoms with Crippen LogP contribution in [0.15, 0.2) is 71.8 Å². The van der Waals surface area contributed by atoms with Gasteiger partial charge in [-0.25, -0.2) is 8.42 Å². The number of aryl methyl sites for hydroxylation is 1. The molecule has 2 N–H and O–H groups in total. The summed E-state index contributed by atoms with van der Waals surface area (Å²) in [4.78, 5) is 17.4. The second-order valence-corrected chi connectivity index (χ2v) is 9.99. The Hall–Kier alpha value is -3.07. The van der Waals surface area contributed by atoms with Crippen LogP contribution in [0.2, 0.25) is 0 Å². The van der Waals surface area contributed by atoms with Crippen molar-refractivity contribution in [2.24, 2.45) is 0 Å². The highest BCUT2D eigenvalue weighted by Gasteiger charge is 2.28. The summed E-state index contributed by atoms with van der Waals surface area (Å²) >= 11 is 0. The normalized spacial score (nSPS) is 15.3. The molecule has 0 aliphatic carbocycles. The van der Waals surface area contributed by atoms with E-state index in [0.717, 1.165) is 23.2 Å². The van der Waals surface area contributed by atoms with Gasteiger partial charge >= 0.3 is 0 Å². The lowest BCUT2D eigenvalue weighted by molar-refractivity contribution is 0.102. The molecule has 1 aromatic heterocycles. The van der Waals surface area contributed by atoms with E-state index in [0.29, 0.717) is 24.1 Å². The first-order valence-electron chi connectivity index (χ1n) is 11.0. The number of carbonyl (C=O) groups excluding carboxylic acids is 1. The number of rotatable bonds is 6. The van der Waals surface area contributed by atoms with Crippen molar-refractivity contribution >= 4 is 21.6 Å². The smallest absolute Gasteiger partial charge is 0.255 e. The first-order valence-corrected chi connectivity index (χ1v) is 12.5. The molecule has 1 fully saturated rings. The van der Waals surface area contributed by atoms with Crippen molar-refractivity contribution in [1.29, 1.82) is 0 Å². The number of hydrogen-bond acceptors (Lipinski definition) is 5. The van der Waals surface area contributed by atoms with Gasteiger partial charge in [-0.15, -0.1) is 0 Å². The van der Waals surface area contributed by atoms with Crippen molar-refractivity contribution in [3.05, 3.63) is 78.0 Å². The molecule has 0 saturated carbocycles. The minimum Gasteiger partial charge on any atom is -0.393 e. The number of carbonyl (C=O) groups is 1. The van der Waals surface area contributed by atoms with Gasteiger partial charge in [0.25, 0.3) is 5.91 Å². The van der Waals surface area contributed by atoms with Crippen LogP contribution in [-0.4, -0.2) is 47.9 Å². The lowest BCUT2D eigenvalue weighted by atomic mass is 10.0. The summed E-state index contributed by atoms with van der Waals surface area (Å²) in [7, 11) is -3.65. The minimum atomic E-state index is -3.65. The zero-order valence-corrected chi connectivity index (χ0v) is 19.3. The molecule has 1 aliphatic rings. The van der Waals surface area contributed by atoms with Crippen molar-refractivity contribution in [2.45, 2.75) is 37.2 Å². The zero-order chi connectivity index (χ0) is 23.4. The quantitative estimate of drug-likeness (QED) is 0.578. The molecule has 0 atom stereocenters. The maximum Gasteiger partial charge on any atom is 0.255 e. The summed E-state index contributed by atoms with van der Waals surface area (Å²) in [6.45, 7) is 2.65. The second kappa shape index (κ2) is 9.82. The van der Waals surface area contributed by atoms with Gasteiger partial charge < -0.3 is 10.4 Å². The molecule has 2 heterocycles. The predicted molar refractivity (Wildman–Crippen MR) is 127 cm³/mol. The highest BCUT2D eigenvalue weighted by atomic mass is 32.2. The lowest BCUT2D eigenvalue weighted by Gasteiger charge is -2.28. The number of benzene rings is 2. The van der Waals surface area contributed by atoms with Gasteiger partial charge in [0, 0.05) is 36.1 Å². The van der Waals surface area contributed by atoms with Gasteiger partial charge in [-0.1, -0.05) is 19.1 Å².